The molecule has 0 radical (unpaired) electrons. The van der Waals surface area contributed by atoms with Crippen LogP contribution in [0.15, 0.2) is 12.1 Å². The van der Waals surface area contributed by atoms with E-state index >= 15 is 0 Å². The van der Waals surface area contributed by atoms with Crippen LogP contribution in [0.2, 0.25) is 0 Å². The maximum absolute atomic E-state index is 14.6. The van der Waals surface area contributed by atoms with Crippen molar-refractivity contribution in [3.63, 3.8) is 0 Å². The van der Waals surface area contributed by atoms with Gasteiger partial charge in [-0.1, -0.05) is 0 Å². The fraction of sp³-hybridized carbons (Fsp3) is 0.579. The van der Waals surface area contributed by atoms with Crippen molar-refractivity contribution in [2.45, 2.75) is 44.2 Å². The Labute approximate surface area is 151 Å². The van der Waals surface area contributed by atoms with Crippen LogP contribution in [0.4, 0.5) is 4.39 Å². The quantitative estimate of drug-likeness (QED) is 0.635. The predicted molar refractivity (Wildman–Crippen MR) is 92.1 cm³/mol. The molecule has 7 heteroatoms. The maximum atomic E-state index is 14.6. The highest BCUT2D eigenvalue weighted by Gasteiger charge is 2.49. The standard InChI is InChI=1S/C19H24FN3O3/c1-22-18(25)12-2-5-19(22,6-3-12)11-23-7-4-13-8-14(17(24)21-26)9-16(20)15(13)10-23/h8-9,12,26H,2-7,10-11H2,1H3,(H,21,24). The average molecular weight is 361 g/mol. The van der Waals surface area contributed by atoms with Gasteiger partial charge in [0.2, 0.25) is 5.91 Å². The third-order valence-electron chi connectivity index (χ3n) is 6.56. The zero-order valence-electron chi connectivity index (χ0n) is 14.9. The molecule has 1 aromatic carbocycles. The third kappa shape index (κ3) is 2.70. The number of hydroxylamine groups is 1. The van der Waals surface area contributed by atoms with E-state index < -0.39 is 11.7 Å². The topological polar surface area (TPSA) is 72.9 Å². The Hall–Kier alpha value is -1.99. The molecule has 0 spiro atoms. The highest BCUT2D eigenvalue weighted by atomic mass is 19.1. The normalized spacial score (nSPS) is 28.2. The Morgan fingerprint density at radius 1 is 1.38 bits per heavy atom. The van der Waals surface area contributed by atoms with Crippen molar-refractivity contribution in [2.24, 2.45) is 5.92 Å². The van der Waals surface area contributed by atoms with E-state index in [0.717, 1.165) is 44.3 Å². The molecule has 6 nitrogen and oxygen atoms in total. The number of benzene rings is 1. The molecule has 1 aliphatic carbocycles. The Balaban J connectivity index is 1.54. The van der Waals surface area contributed by atoms with Gasteiger partial charge in [-0.2, -0.15) is 0 Å². The second-order valence-electron chi connectivity index (χ2n) is 7.89. The van der Waals surface area contributed by atoms with Crippen molar-refractivity contribution in [2.75, 3.05) is 20.1 Å². The molecule has 0 aromatic heterocycles. The molecule has 2 amide bonds. The second-order valence-corrected chi connectivity index (χ2v) is 7.89. The highest BCUT2D eigenvalue weighted by molar-refractivity contribution is 5.93. The van der Waals surface area contributed by atoms with E-state index in [-0.39, 0.29) is 22.9 Å². The van der Waals surface area contributed by atoms with E-state index in [1.54, 1.807) is 11.5 Å². The van der Waals surface area contributed by atoms with Crippen molar-refractivity contribution in [1.29, 1.82) is 0 Å². The van der Waals surface area contributed by atoms with Gasteiger partial charge >= 0.3 is 0 Å². The van der Waals surface area contributed by atoms with Gasteiger partial charge in [0.15, 0.2) is 0 Å². The SMILES string of the molecule is CN1C(=O)C2CCC1(CN1CCc3cc(C(=O)NO)cc(F)c3C1)CC2. The fourth-order valence-electron chi connectivity index (χ4n) is 4.93. The van der Waals surface area contributed by atoms with Crippen molar-refractivity contribution < 1.29 is 19.2 Å². The summed E-state index contributed by atoms with van der Waals surface area (Å²) in [6.45, 7) is 2.01. The third-order valence-corrected chi connectivity index (χ3v) is 6.56. The molecular weight excluding hydrogens is 337 g/mol. The van der Waals surface area contributed by atoms with Crippen molar-refractivity contribution in [3.05, 3.63) is 34.6 Å². The van der Waals surface area contributed by atoms with Gasteiger partial charge < -0.3 is 4.90 Å². The van der Waals surface area contributed by atoms with Gasteiger partial charge in [0.1, 0.15) is 5.82 Å². The van der Waals surface area contributed by atoms with E-state index in [9.17, 15) is 14.0 Å². The summed E-state index contributed by atoms with van der Waals surface area (Å²) in [7, 11) is 1.91. The number of halogens is 1. The Kier molecular flexibility index (Phi) is 4.23. The first-order valence-corrected chi connectivity index (χ1v) is 9.19. The van der Waals surface area contributed by atoms with E-state index in [0.29, 0.717) is 18.5 Å². The van der Waals surface area contributed by atoms with Crippen molar-refractivity contribution in [1.82, 2.24) is 15.3 Å². The summed E-state index contributed by atoms with van der Waals surface area (Å²) in [5.74, 6) is -0.671. The first-order chi connectivity index (χ1) is 12.4. The summed E-state index contributed by atoms with van der Waals surface area (Å²) >= 11 is 0. The fourth-order valence-corrected chi connectivity index (χ4v) is 4.93. The molecule has 140 valence electrons. The molecule has 0 atom stereocenters. The number of hydrogen-bond acceptors (Lipinski definition) is 4. The molecule has 5 rings (SSSR count). The highest BCUT2D eigenvalue weighted by Crippen LogP contribution is 2.44. The van der Waals surface area contributed by atoms with E-state index in [4.69, 9.17) is 5.21 Å². The average Bonchev–Trinajstić information content (AvgIpc) is 2.66. The monoisotopic (exact) mass is 361 g/mol. The van der Waals surface area contributed by atoms with Crippen LogP contribution in [0.5, 0.6) is 0 Å². The van der Waals surface area contributed by atoms with Crippen molar-refractivity contribution >= 4 is 11.8 Å². The molecule has 2 N–H and O–H groups in total. The van der Waals surface area contributed by atoms with Gasteiger partial charge in [0.05, 0.1) is 5.54 Å². The molecule has 2 bridgehead atoms. The van der Waals surface area contributed by atoms with E-state index in [1.807, 2.05) is 11.9 Å². The summed E-state index contributed by atoms with van der Waals surface area (Å²) < 4.78 is 14.6. The van der Waals surface area contributed by atoms with Gasteiger partial charge in [0, 0.05) is 43.7 Å². The molecule has 1 aromatic rings. The van der Waals surface area contributed by atoms with Gasteiger partial charge in [-0.15, -0.1) is 0 Å². The van der Waals surface area contributed by atoms with Crippen LogP contribution in [0.1, 0.15) is 47.2 Å². The van der Waals surface area contributed by atoms with Gasteiger partial charge in [-0.25, -0.2) is 9.87 Å². The zero-order valence-corrected chi connectivity index (χ0v) is 14.9. The minimum absolute atomic E-state index is 0.128. The van der Waals surface area contributed by atoms with Crippen LogP contribution >= 0.6 is 0 Å². The van der Waals surface area contributed by atoms with Crippen LogP contribution in [0, 0.1) is 11.7 Å². The number of carbonyl (C=O) groups is 2. The van der Waals surface area contributed by atoms with Crippen LogP contribution in [0.25, 0.3) is 0 Å². The lowest BCUT2D eigenvalue weighted by Crippen LogP contribution is -2.64. The zero-order chi connectivity index (χ0) is 18.5. The lowest BCUT2D eigenvalue weighted by molar-refractivity contribution is -0.155. The summed E-state index contributed by atoms with van der Waals surface area (Å²) in [6, 6.07) is 2.83. The van der Waals surface area contributed by atoms with Crippen LogP contribution < -0.4 is 5.48 Å². The molecule has 2 saturated heterocycles. The number of rotatable bonds is 3. The number of fused-ring (bicyclic) bond motifs is 4. The number of amides is 2. The molecular formula is C19H24FN3O3. The summed E-state index contributed by atoms with van der Waals surface area (Å²) in [4.78, 5) is 28.1. The number of likely N-dealkylation sites (N-methyl/N-ethyl adjacent to an activating group) is 1. The summed E-state index contributed by atoms with van der Waals surface area (Å²) in [5.41, 5.74) is 2.98. The predicted octanol–water partition coefficient (Wildman–Crippen LogP) is 1.70. The largest absolute Gasteiger partial charge is 0.339 e. The second kappa shape index (κ2) is 6.32. The number of carbonyl (C=O) groups excluding carboxylic acids is 2. The van der Waals surface area contributed by atoms with Crippen molar-refractivity contribution in [3.8, 4) is 0 Å². The number of piperidine rings is 2. The van der Waals surface area contributed by atoms with E-state index in [2.05, 4.69) is 4.90 Å². The minimum atomic E-state index is -0.702. The molecule has 3 aliphatic heterocycles. The summed E-state index contributed by atoms with van der Waals surface area (Å²) in [5, 5.41) is 8.75. The molecule has 4 aliphatic rings. The number of nitrogens with zero attached hydrogens (tertiary/aromatic N) is 2. The number of hydrogen-bond donors (Lipinski definition) is 2. The smallest absolute Gasteiger partial charge is 0.274 e. The first kappa shape index (κ1) is 17.4. The molecule has 3 heterocycles. The molecule has 3 fully saturated rings. The van der Waals surface area contributed by atoms with Gasteiger partial charge in [-0.05, 0) is 49.8 Å². The Morgan fingerprint density at radius 2 is 2.12 bits per heavy atom. The lowest BCUT2D eigenvalue weighted by Gasteiger charge is -2.54. The van der Waals surface area contributed by atoms with Crippen LogP contribution in [-0.4, -0.2) is 52.5 Å². The van der Waals surface area contributed by atoms with E-state index in [1.165, 1.54) is 6.07 Å². The van der Waals surface area contributed by atoms with Crippen LogP contribution in [-0.2, 0) is 17.8 Å². The maximum Gasteiger partial charge on any atom is 0.274 e. The van der Waals surface area contributed by atoms with Crippen LogP contribution in [0.3, 0.4) is 0 Å². The summed E-state index contributed by atoms with van der Waals surface area (Å²) in [6.07, 6.45) is 4.60. The molecule has 1 saturated carbocycles. The molecule has 0 unspecified atom stereocenters. The first-order valence-electron chi connectivity index (χ1n) is 9.19. The Bertz CT molecular complexity index is 759. The van der Waals surface area contributed by atoms with Gasteiger partial charge in [0.25, 0.3) is 5.91 Å². The lowest BCUT2D eigenvalue weighted by atomic mass is 9.70. The number of nitrogens with one attached hydrogen (secondary N) is 1. The molecule has 26 heavy (non-hydrogen) atoms. The Morgan fingerprint density at radius 3 is 2.81 bits per heavy atom. The van der Waals surface area contributed by atoms with Gasteiger partial charge in [-0.3, -0.25) is 19.7 Å². The minimum Gasteiger partial charge on any atom is -0.339 e.